The number of hydrogen-bond donors (Lipinski definition) is 1. The summed E-state index contributed by atoms with van der Waals surface area (Å²) in [7, 11) is 0. The molecule has 1 unspecified atom stereocenters. The van der Waals surface area contributed by atoms with E-state index < -0.39 is 0 Å². The van der Waals surface area contributed by atoms with Crippen molar-refractivity contribution in [3.8, 4) is 0 Å². The largest absolute Gasteiger partial charge is 0.393 e. The zero-order chi connectivity index (χ0) is 21.0. The van der Waals surface area contributed by atoms with Crippen LogP contribution in [0.5, 0.6) is 0 Å². The molecule has 0 amide bonds. The third-order valence-electron chi connectivity index (χ3n) is 10.7. The second-order valence-corrected chi connectivity index (χ2v) is 12.6. The van der Waals surface area contributed by atoms with E-state index in [1.165, 1.54) is 64.2 Å². The van der Waals surface area contributed by atoms with E-state index in [0.29, 0.717) is 22.7 Å². The molecule has 1 N–H and O–H groups in total. The van der Waals surface area contributed by atoms with Gasteiger partial charge in [0.2, 0.25) is 0 Å². The van der Waals surface area contributed by atoms with Crippen LogP contribution in [0.15, 0.2) is 11.1 Å². The molecule has 0 aromatic carbocycles. The van der Waals surface area contributed by atoms with Crippen molar-refractivity contribution in [2.24, 2.45) is 46.3 Å². The highest BCUT2D eigenvalue weighted by molar-refractivity contribution is 5.34. The van der Waals surface area contributed by atoms with Crippen molar-refractivity contribution in [2.45, 2.75) is 118 Å². The first-order valence-electron chi connectivity index (χ1n) is 13.1. The van der Waals surface area contributed by atoms with Crippen molar-refractivity contribution < 1.29 is 5.11 Å². The molecule has 4 aliphatic rings. The normalized spacial score (nSPS) is 45.7. The number of fused-ring (bicyclic) bond motifs is 4. The van der Waals surface area contributed by atoms with Gasteiger partial charge in [-0.25, -0.2) is 0 Å². The van der Waals surface area contributed by atoms with Crippen molar-refractivity contribution in [3.63, 3.8) is 0 Å². The van der Waals surface area contributed by atoms with E-state index in [0.717, 1.165) is 30.1 Å². The van der Waals surface area contributed by atoms with Crippen LogP contribution in [-0.4, -0.2) is 11.2 Å². The first kappa shape index (κ1) is 21.9. The van der Waals surface area contributed by atoms with Crippen LogP contribution in [0.25, 0.3) is 0 Å². The summed E-state index contributed by atoms with van der Waals surface area (Å²) in [5, 5.41) is 10.5. The van der Waals surface area contributed by atoms with Crippen LogP contribution in [-0.2, 0) is 0 Å². The first-order valence-corrected chi connectivity index (χ1v) is 13.1. The van der Waals surface area contributed by atoms with Crippen molar-refractivity contribution in [3.05, 3.63) is 11.1 Å². The Balaban J connectivity index is 1.54. The minimum Gasteiger partial charge on any atom is -0.393 e. The molecule has 1 nitrogen and oxygen atoms in total. The standard InChI is InChI=1S/C28H48O/c1-18(2)8-7-9-19(3)22-12-13-24-21-10-11-23-20(4)26(29)15-17-28(23,6)25(21)14-16-27(22,24)5/h18-20,22-24,26,29H,7-17H2,1-6H3/t19-,20+,22-,23+,24?,26+,27-,28+/m1/s1. The van der Waals surface area contributed by atoms with E-state index in [-0.39, 0.29) is 6.10 Å². The Kier molecular flexibility index (Phi) is 6.04. The molecule has 4 rings (SSSR count). The third-order valence-corrected chi connectivity index (χ3v) is 10.7. The fourth-order valence-electron chi connectivity index (χ4n) is 8.93. The SMILES string of the molecule is CC(C)CCC[C@@H](C)[C@H]1CCC2C3=C(CC[C@@]21C)[C@@]1(C)CC[C@H](O)[C@@H](C)[C@@H]1CC3. The summed E-state index contributed by atoms with van der Waals surface area (Å²) in [6.45, 7) is 14.9. The van der Waals surface area contributed by atoms with Gasteiger partial charge in [0.1, 0.15) is 0 Å². The molecule has 0 bridgehead atoms. The quantitative estimate of drug-likeness (QED) is 0.467. The lowest BCUT2D eigenvalue weighted by atomic mass is 9.49. The molecule has 2 fully saturated rings. The van der Waals surface area contributed by atoms with E-state index in [9.17, 15) is 5.11 Å². The zero-order valence-corrected chi connectivity index (χ0v) is 20.3. The lowest BCUT2D eigenvalue weighted by Crippen LogP contribution is -2.49. The van der Waals surface area contributed by atoms with Gasteiger partial charge in [0.25, 0.3) is 0 Å². The number of allylic oxidation sites excluding steroid dienone is 2. The summed E-state index contributed by atoms with van der Waals surface area (Å²) in [6, 6.07) is 0. The highest BCUT2D eigenvalue weighted by atomic mass is 16.3. The minimum absolute atomic E-state index is 0.0633. The van der Waals surface area contributed by atoms with E-state index in [2.05, 4.69) is 41.5 Å². The third kappa shape index (κ3) is 3.56. The van der Waals surface area contributed by atoms with Gasteiger partial charge in [0.05, 0.1) is 6.10 Å². The number of aliphatic hydroxyl groups is 1. The highest BCUT2D eigenvalue weighted by Crippen LogP contribution is 2.66. The Bertz CT molecular complexity index is 632. The minimum atomic E-state index is -0.0633. The molecule has 0 saturated heterocycles. The van der Waals surface area contributed by atoms with Gasteiger partial charge >= 0.3 is 0 Å². The molecule has 0 radical (unpaired) electrons. The molecule has 0 spiro atoms. The molecule has 4 aliphatic carbocycles. The van der Waals surface area contributed by atoms with Gasteiger partial charge in [0.15, 0.2) is 0 Å². The van der Waals surface area contributed by atoms with Gasteiger partial charge < -0.3 is 5.11 Å². The van der Waals surface area contributed by atoms with Gasteiger partial charge in [-0.2, -0.15) is 0 Å². The smallest absolute Gasteiger partial charge is 0.0569 e. The number of hydrogen-bond acceptors (Lipinski definition) is 1. The van der Waals surface area contributed by atoms with E-state index in [1.54, 1.807) is 0 Å². The van der Waals surface area contributed by atoms with Crippen LogP contribution in [0.2, 0.25) is 0 Å². The molecular weight excluding hydrogens is 352 g/mol. The molecule has 0 heterocycles. The average Bonchev–Trinajstić information content (AvgIpc) is 3.02. The van der Waals surface area contributed by atoms with Gasteiger partial charge in [-0.15, -0.1) is 0 Å². The van der Waals surface area contributed by atoms with Crippen LogP contribution in [0.4, 0.5) is 0 Å². The Hall–Kier alpha value is -0.300. The maximum absolute atomic E-state index is 10.5. The fourth-order valence-corrected chi connectivity index (χ4v) is 8.93. The molecule has 2 saturated carbocycles. The van der Waals surface area contributed by atoms with Gasteiger partial charge in [-0.05, 0) is 97.7 Å². The Labute approximate surface area is 181 Å². The molecule has 29 heavy (non-hydrogen) atoms. The summed E-state index contributed by atoms with van der Waals surface area (Å²) in [5.74, 6) is 4.73. The van der Waals surface area contributed by atoms with E-state index in [1.807, 2.05) is 11.1 Å². The van der Waals surface area contributed by atoms with Crippen molar-refractivity contribution in [1.29, 1.82) is 0 Å². The molecule has 0 aliphatic heterocycles. The summed E-state index contributed by atoms with van der Waals surface area (Å²) >= 11 is 0. The fraction of sp³-hybridized carbons (Fsp3) is 0.929. The monoisotopic (exact) mass is 400 g/mol. The number of aliphatic hydroxyl groups excluding tert-OH is 1. The van der Waals surface area contributed by atoms with Crippen LogP contribution in [0.1, 0.15) is 112 Å². The summed E-state index contributed by atoms with van der Waals surface area (Å²) in [5.41, 5.74) is 4.73. The molecular formula is C28H48O. The predicted molar refractivity (Wildman–Crippen MR) is 124 cm³/mol. The van der Waals surface area contributed by atoms with Crippen molar-refractivity contribution in [1.82, 2.24) is 0 Å². The highest BCUT2D eigenvalue weighted by Gasteiger charge is 2.56. The molecule has 1 heteroatoms. The van der Waals surface area contributed by atoms with Crippen LogP contribution in [0, 0.1) is 46.3 Å². The van der Waals surface area contributed by atoms with Gasteiger partial charge in [-0.3, -0.25) is 0 Å². The molecule has 0 aromatic heterocycles. The molecule has 0 aromatic rings. The lowest BCUT2D eigenvalue weighted by Gasteiger charge is -2.56. The maximum atomic E-state index is 10.5. The van der Waals surface area contributed by atoms with Crippen LogP contribution in [0.3, 0.4) is 0 Å². The van der Waals surface area contributed by atoms with Crippen LogP contribution < -0.4 is 0 Å². The molecule has 166 valence electrons. The van der Waals surface area contributed by atoms with E-state index >= 15 is 0 Å². The second kappa shape index (κ2) is 7.99. The Morgan fingerprint density at radius 2 is 1.72 bits per heavy atom. The Morgan fingerprint density at radius 1 is 0.966 bits per heavy atom. The second-order valence-electron chi connectivity index (χ2n) is 12.6. The Morgan fingerprint density at radius 3 is 2.45 bits per heavy atom. The first-order chi connectivity index (χ1) is 13.7. The van der Waals surface area contributed by atoms with Crippen LogP contribution >= 0.6 is 0 Å². The predicted octanol–water partition coefficient (Wildman–Crippen LogP) is 7.78. The topological polar surface area (TPSA) is 20.2 Å². The maximum Gasteiger partial charge on any atom is 0.0569 e. The van der Waals surface area contributed by atoms with Crippen molar-refractivity contribution >= 4 is 0 Å². The van der Waals surface area contributed by atoms with Crippen molar-refractivity contribution in [2.75, 3.05) is 0 Å². The van der Waals surface area contributed by atoms with Gasteiger partial charge in [0, 0.05) is 0 Å². The summed E-state index contributed by atoms with van der Waals surface area (Å²) in [4.78, 5) is 0. The zero-order valence-electron chi connectivity index (χ0n) is 20.3. The average molecular weight is 401 g/mol. The van der Waals surface area contributed by atoms with Gasteiger partial charge in [-0.1, -0.05) is 72.0 Å². The number of rotatable bonds is 5. The summed E-state index contributed by atoms with van der Waals surface area (Å²) in [6.07, 6.45) is 14.8. The summed E-state index contributed by atoms with van der Waals surface area (Å²) < 4.78 is 0. The molecule has 8 atom stereocenters. The lowest BCUT2D eigenvalue weighted by molar-refractivity contribution is -0.0336. The van der Waals surface area contributed by atoms with E-state index in [4.69, 9.17) is 0 Å².